The number of methoxy groups -OCH3 is 2. The average Bonchev–Trinajstić information content (AvgIpc) is 2.50. The number of ether oxygens (including phenoxy) is 2. The molecule has 0 aliphatic rings. The van der Waals surface area contributed by atoms with Crippen molar-refractivity contribution >= 4 is 29.5 Å². The van der Waals surface area contributed by atoms with Crippen molar-refractivity contribution in [1.29, 1.82) is 0 Å². The molecule has 0 unspecified atom stereocenters. The summed E-state index contributed by atoms with van der Waals surface area (Å²) in [6.07, 6.45) is -0.265. The van der Waals surface area contributed by atoms with Crippen molar-refractivity contribution in [3.8, 4) is 0 Å². The summed E-state index contributed by atoms with van der Waals surface area (Å²) in [5.41, 5.74) is 0. The van der Waals surface area contributed by atoms with Gasteiger partial charge in [0.25, 0.3) is 0 Å². The molecule has 0 aromatic heterocycles. The number of Topliss-reactive ketones (excluding diaryl/α,β-unsaturated/α-hetero) is 1. The molecule has 0 spiro atoms. The van der Waals surface area contributed by atoms with Crippen molar-refractivity contribution in [2.45, 2.75) is 45.7 Å². The zero-order valence-corrected chi connectivity index (χ0v) is 15.6. The highest BCUT2D eigenvalue weighted by Crippen LogP contribution is 2.04. The van der Waals surface area contributed by atoms with E-state index in [0.29, 0.717) is 0 Å². The summed E-state index contributed by atoms with van der Waals surface area (Å²) < 4.78 is 9.15. The van der Waals surface area contributed by atoms with Crippen LogP contribution in [0.5, 0.6) is 0 Å². The van der Waals surface area contributed by atoms with Crippen molar-refractivity contribution in [3.63, 3.8) is 0 Å². The van der Waals surface area contributed by atoms with Gasteiger partial charge in [0, 0.05) is 20.3 Å². The quantitative estimate of drug-likeness (QED) is 0.370. The molecule has 0 aromatic carbocycles. The van der Waals surface area contributed by atoms with E-state index in [4.69, 9.17) is 9.84 Å². The molecule has 2 atom stereocenters. The molecule has 3 N–H and O–H groups in total. The van der Waals surface area contributed by atoms with Gasteiger partial charge < -0.3 is 25.2 Å². The standard InChI is InChI=1S/2C8H13NO4/c1-5(13-3)7(4-8(11)12)9-6(2)10;1-5(10)4-7(8(12)13-3)9-6(2)11/h7H,1,4H2,2-3H3,(H,9,10)(H,11,12);7H,4H2,1-3H3,(H,9,11)/t2*7-/m00/s1. The number of esters is 1. The molecule has 0 bridgehead atoms. The average molecular weight is 374 g/mol. The van der Waals surface area contributed by atoms with Crippen molar-refractivity contribution in [3.05, 3.63) is 12.3 Å². The monoisotopic (exact) mass is 374 g/mol. The van der Waals surface area contributed by atoms with E-state index in [1.165, 1.54) is 35.0 Å². The third-order valence-corrected chi connectivity index (χ3v) is 2.76. The van der Waals surface area contributed by atoms with Crippen LogP contribution in [0.25, 0.3) is 0 Å². The Labute approximate surface area is 151 Å². The predicted octanol–water partition coefficient (Wildman–Crippen LogP) is -0.231. The van der Waals surface area contributed by atoms with Gasteiger partial charge in [-0.15, -0.1) is 0 Å². The van der Waals surface area contributed by atoms with Crippen LogP contribution in [0.1, 0.15) is 33.6 Å². The number of hydrogen-bond acceptors (Lipinski definition) is 7. The largest absolute Gasteiger partial charge is 0.500 e. The molecule has 0 saturated heterocycles. The molecular weight excluding hydrogens is 348 g/mol. The Morgan fingerprint density at radius 1 is 0.885 bits per heavy atom. The molecule has 0 aliphatic heterocycles. The zero-order valence-electron chi connectivity index (χ0n) is 15.6. The van der Waals surface area contributed by atoms with E-state index in [2.05, 4.69) is 21.9 Å². The minimum Gasteiger partial charge on any atom is -0.500 e. The van der Waals surface area contributed by atoms with Crippen LogP contribution in [0.2, 0.25) is 0 Å². The van der Waals surface area contributed by atoms with Crippen LogP contribution in [0.15, 0.2) is 12.3 Å². The maximum atomic E-state index is 11.0. The van der Waals surface area contributed by atoms with Crippen LogP contribution in [0, 0.1) is 0 Å². The molecular formula is C16H26N2O8. The second kappa shape index (κ2) is 13.4. The molecule has 0 heterocycles. The molecule has 148 valence electrons. The van der Waals surface area contributed by atoms with Crippen molar-refractivity contribution < 1.29 is 38.6 Å². The normalized spacial score (nSPS) is 11.6. The summed E-state index contributed by atoms with van der Waals surface area (Å²) >= 11 is 0. The Kier molecular flexibility index (Phi) is 13.0. The van der Waals surface area contributed by atoms with Crippen molar-refractivity contribution in [2.75, 3.05) is 14.2 Å². The summed E-state index contributed by atoms with van der Waals surface area (Å²) in [6, 6.07) is -1.53. The van der Waals surface area contributed by atoms with E-state index >= 15 is 0 Å². The van der Waals surface area contributed by atoms with Gasteiger partial charge in [0.1, 0.15) is 17.6 Å². The van der Waals surface area contributed by atoms with E-state index in [9.17, 15) is 24.0 Å². The molecule has 10 heteroatoms. The molecule has 0 aliphatic carbocycles. The number of carbonyl (C=O) groups excluding carboxylic acids is 4. The Hall–Kier alpha value is -2.91. The Morgan fingerprint density at radius 3 is 1.65 bits per heavy atom. The van der Waals surface area contributed by atoms with Crippen molar-refractivity contribution in [2.24, 2.45) is 0 Å². The topological polar surface area (TPSA) is 148 Å². The maximum absolute atomic E-state index is 11.0. The van der Waals surface area contributed by atoms with Gasteiger partial charge in [0.05, 0.1) is 26.7 Å². The summed E-state index contributed by atoms with van der Waals surface area (Å²) in [7, 11) is 2.58. The molecule has 0 saturated carbocycles. The summed E-state index contributed by atoms with van der Waals surface area (Å²) in [6.45, 7) is 7.40. The number of hydrogen-bond donors (Lipinski definition) is 3. The highest BCUT2D eigenvalue weighted by Gasteiger charge is 2.21. The van der Waals surface area contributed by atoms with E-state index in [1.54, 1.807) is 0 Å². The van der Waals surface area contributed by atoms with Crippen molar-refractivity contribution in [1.82, 2.24) is 10.6 Å². The summed E-state index contributed by atoms with van der Waals surface area (Å²) in [4.78, 5) is 53.3. The number of aliphatic carboxylic acids is 1. The number of carbonyl (C=O) groups is 5. The zero-order chi connectivity index (χ0) is 20.9. The lowest BCUT2D eigenvalue weighted by atomic mass is 10.1. The SMILES string of the molecule is C=C(OC)[C@H](CC(=O)O)NC(C)=O.COC(=O)[C@H](CC(C)=O)NC(C)=O. The number of carboxylic acids is 1. The minimum atomic E-state index is -1.02. The van der Waals surface area contributed by atoms with Gasteiger partial charge >= 0.3 is 11.9 Å². The van der Waals surface area contributed by atoms with Gasteiger partial charge in [-0.3, -0.25) is 19.2 Å². The Bertz CT molecular complexity index is 464. The van der Waals surface area contributed by atoms with Crippen LogP contribution in [-0.2, 0) is 33.4 Å². The molecule has 2 amide bonds. The first kappa shape index (κ1) is 25.3. The lowest BCUT2D eigenvalue weighted by molar-refractivity contribution is -0.146. The first-order chi connectivity index (χ1) is 11.9. The first-order valence-corrected chi connectivity index (χ1v) is 7.50. The highest BCUT2D eigenvalue weighted by molar-refractivity contribution is 5.88. The molecule has 0 fully saturated rings. The van der Waals surface area contributed by atoms with Crippen LogP contribution < -0.4 is 10.6 Å². The van der Waals surface area contributed by atoms with E-state index < -0.39 is 24.0 Å². The Balaban J connectivity index is 0. The number of carboxylic acid groups (broad SMARTS) is 1. The van der Waals surface area contributed by atoms with Crippen LogP contribution >= 0.6 is 0 Å². The number of rotatable bonds is 9. The lowest BCUT2D eigenvalue weighted by Crippen LogP contribution is -2.41. The Morgan fingerprint density at radius 2 is 1.35 bits per heavy atom. The second-order valence-corrected chi connectivity index (χ2v) is 5.20. The second-order valence-electron chi connectivity index (χ2n) is 5.20. The van der Waals surface area contributed by atoms with Crippen LogP contribution in [0.4, 0.5) is 0 Å². The number of amides is 2. The van der Waals surface area contributed by atoms with Crippen LogP contribution in [-0.4, -0.2) is 60.9 Å². The molecule has 0 radical (unpaired) electrons. The summed E-state index contributed by atoms with van der Waals surface area (Å²) in [5, 5.41) is 13.2. The molecule has 10 nitrogen and oxygen atoms in total. The maximum Gasteiger partial charge on any atom is 0.328 e. The van der Waals surface area contributed by atoms with Gasteiger partial charge in [-0.05, 0) is 6.92 Å². The van der Waals surface area contributed by atoms with E-state index in [0.717, 1.165) is 0 Å². The molecule has 0 rings (SSSR count). The van der Waals surface area contributed by atoms with E-state index in [-0.39, 0.29) is 36.2 Å². The van der Waals surface area contributed by atoms with Crippen LogP contribution in [0.3, 0.4) is 0 Å². The third-order valence-electron chi connectivity index (χ3n) is 2.76. The molecule has 0 aromatic rings. The van der Waals surface area contributed by atoms with Gasteiger partial charge in [-0.1, -0.05) is 6.58 Å². The fraction of sp³-hybridized carbons (Fsp3) is 0.562. The first-order valence-electron chi connectivity index (χ1n) is 7.50. The van der Waals surface area contributed by atoms with Gasteiger partial charge in [0.2, 0.25) is 11.8 Å². The minimum absolute atomic E-state index is 0.0355. The van der Waals surface area contributed by atoms with Gasteiger partial charge in [-0.25, -0.2) is 4.79 Å². The fourth-order valence-electron chi connectivity index (χ4n) is 1.68. The number of ketones is 1. The summed E-state index contributed by atoms with van der Waals surface area (Å²) in [5.74, 6) is -2.25. The lowest BCUT2D eigenvalue weighted by Gasteiger charge is -2.16. The number of nitrogens with one attached hydrogen (secondary N) is 2. The van der Waals surface area contributed by atoms with Gasteiger partial charge in [0.15, 0.2) is 0 Å². The fourth-order valence-corrected chi connectivity index (χ4v) is 1.68. The van der Waals surface area contributed by atoms with Gasteiger partial charge in [-0.2, -0.15) is 0 Å². The highest BCUT2D eigenvalue weighted by atomic mass is 16.5. The van der Waals surface area contributed by atoms with E-state index in [1.807, 2.05) is 0 Å². The molecule has 26 heavy (non-hydrogen) atoms. The predicted molar refractivity (Wildman–Crippen MR) is 90.9 cm³/mol. The third kappa shape index (κ3) is 13.5. The smallest absolute Gasteiger partial charge is 0.328 e.